The molecule has 3 nitrogen and oxygen atoms in total. The van der Waals surface area contributed by atoms with Gasteiger partial charge in [-0.1, -0.05) is 11.6 Å². The van der Waals surface area contributed by atoms with Gasteiger partial charge in [0, 0.05) is 13.1 Å². The molecule has 3 heteroatoms. The fourth-order valence-corrected chi connectivity index (χ4v) is 1.92. The zero-order valence-corrected chi connectivity index (χ0v) is 9.82. The Bertz CT molecular complexity index is 210. The molecule has 1 rings (SSSR count). The molecular weight excluding hydrogens is 190 g/mol. The van der Waals surface area contributed by atoms with E-state index in [1.54, 1.807) is 0 Å². The first kappa shape index (κ1) is 12.7. The molecule has 0 aromatic heterocycles. The molecule has 2 unspecified atom stereocenters. The van der Waals surface area contributed by atoms with Gasteiger partial charge in [-0.05, 0) is 39.5 Å². The number of hydrogen-bond acceptors (Lipinski definition) is 3. The smallest absolute Gasteiger partial charge is 0.133 e. The van der Waals surface area contributed by atoms with Crippen molar-refractivity contribution in [2.75, 3.05) is 13.1 Å². The second-order valence-electron chi connectivity index (χ2n) is 4.40. The number of hydrogen-bond donors (Lipinski definition) is 2. The quantitative estimate of drug-likeness (QED) is 0.680. The van der Waals surface area contributed by atoms with Gasteiger partial charge in [-0.2, -0.15) is 0 Å². The normalized spacial score (nSPS) is 23.1. The topological polar surface area (TPSA) is 43.7 Å². The van der Waals surface area contributed by atoms with Gasteiger partial charge in [0.2, 0.25) is 0 Å². The zero-order chi connectivity index (χ0) is 11.3. The van der Waals surface area contributed by atoms with E-state index in [0.717, 1.165) is 32.4 Å². The predicted molar refractivity (Wildman–Crippen MR) is 61.5 cm³/mol. The SMILES string of the molecule is CC=C(C)CCC(O)C(O)N1CCCC1. The Kier molecular flexibility index (Phi) is 5.29. The van der Waals surface area contributed by atoms with E-state index < -0.39 is 12.3 Å². The summed E-state index contributed by atoms with van der Waals surface area (Å²) in [6.07, 6.45) is 4.55. The van der Waals surface area contributed by atoms with E-state index in [-0.39, 0.29) is 0 Å². The van der Waals surface area contributed by atoms with Crippen molar-refractivity contribution in [3.05, 3.63) is 11.6 Å². The summed E-state index contributed by atoms with van der Waals surface area (Å²) in [5.74, 6) is 0. The first-order valence-corrected chi connectivity index (χ1v) is 5.87. The van der Waals surface area contributed by atoms with Crippen LogP contribution in [0.5, 0.6) is 0 Å². The molecule has 1 fully saturated rings. The molecule has 1 saturated heterocycles. The molecule has 0 aromatic rings. The molecule has 1 heterocycles. The van der Waals surface area contributed by atoms with Gasteiger partial charge >= 0.3 is 0 Å². The average Bonchev–Trinajstić information content (AvgIpc) is 2.77. The maximum absolute atomic E-state index is 9.86. The van der Waals surface area contributed by atoms with Crippen LogP contribution in [-0.2, 0) is 0 Å². The highest BCUT2D eigenvalue weighted by molar-refractivity contribution is 4.95. The van der Waals surface area contributed by atoms with E-state index in [0.29, 0.717) is 6.42 Å². The maximum atomic E-state index is 9.86. The van der Waals surface area contributed by atoms with Crippen molar-refractivity contribution < 1.29 is 10.2 Å². The van der Waals surface area contributed by atoms with Crippen LogP contribution in [-0.4, -0.2) is 40.5 Å². The van der Waals surface area contributed by atoms with Crippen LogP contribution in [0.1, 0.15) is 39.5 Å². The summed E-state index contributed by atoms with van der Waals surface area (Å²) >= 11 is 0. The molecule has 0 saturated carbocycles. The van der Waals surface area contributed by atoms with Crippen molar-refractivity contribution in [2.45, 2.75) is 51.9 Å². The summed E-state index contributed by atoms with van der Waals surface area (Å²) in [6.45, 7) is 5.88. The molecule has 1 aliphatic heterocycles. The average molecular weight is 213 g/mol. The maximum Gasteiger partial charge on any atom is 0.133 e. The Labute approximate surface area is 92.4 Å². The van der Waals surface area contributed by atoms with Crippen molar-refractivity contribution >= 4 is 0 Å². The van der Waals surface area contributed by atoms with Gasteiger partial charge in [0.15, 0.2) is 0 Å². The summed E-state index contributed by atoms with van der Waals surface area (Å²) in [5, 5.41) is 19.7. The first-order chi connectivity index (χ1) is 7.15. The van der Waals surface area contributed by atoms with Gasteiger partial charge in [0.05, 0.1) is 6.10 Å². The van der Waals surface area contributed by atoms with E-state index in [2.05, 4.69) is 13.0 Å². The molecular formula is C12H23NO2. The summed E-state index contributed by atoms with van der Waals surface area (Å²) in [6, 6.07) is 0. The molecule has 0 aromatic carbocycles. The lowest BCUT2D eigenvalue weighted by Gasteiger charge is -2.26. The third-order valence-electron chi connectivity index (χ3n) is 3.19. The molecule has 0 bridgehead atoms. The summed E-state index contributed by atoms with van der Waals surface area (Å²) in [7, 11) is 0. The van der Waals surface area contributed by atoms with Crippen molar-refractivity contribution in [2.24, 2.45) is 0 Å². The van der Waals surface area contributed by atoms with Crippen LogP contribution in [0.4, 0.5) is 0 Å². The summed E-state index contributed by atoms with van der Waals surface area (Å²) in [4.78, 5) is 1.97. The van der Waals surface area contributed by atoms with Crippen molar-refractivity contribution in [3.8, 4) is 0 Å². The standard InChI is InChI=1S/C12H23NO2/c1-3-10(2)6-7-11(14)12(15)13-8-4-5-9-13/h3,11-12,14-15H,4-9H2,1-2H3. The lowest BCUT2D eigenvalue weighted by Crippen LogP contribution is -2.41. The van der Waals surface area contributed by atoms with E-state index in [4.69, 9.17) is 0 Å². The molecule has 15 heavy (non-hydrogen) atoms. The molecule has 88 valence electrons. The zero-order valence-electron chi connectivity index (χ0n) is 9.82. The van der Waals surface area contributed by atoms with Crippen LogP contribution in [0.3, 0.4) is 0 Å². The minimum Gasteiger partial charge on any atom is -0.389 e. The Morgan fingerprint density at radius 2 is 1.93 bits per heavy atom. The second-order valence-corrected chi connectivity index (χ2v) is 4.40. The third kappa shape index (κ3) is 3.93. The van der Waals surface area contributed by atoms with E-state index in [1.165, 1.54) is 5.57 Å². The summed E-state index contributed by atoms with van der Waals surface area (Å²) < 4.78 is 0. The first-order valence-electron chi connectivity index (χ1n) is 5.87. The molecule has 2 N–H and O–H groups in total. The number of aliphatic hydroxyl groups is 2. The minimum atomic E-state index is -0.669. The monoisotopic (exact) mass is 213 g/mol. The highest BCUT2D eigenvalue weighted by Gasteiger charge is 2.25. The number of aliphatic hydroxyl groups excluding tert-OH is 2. The largest absolute Gasteiger partial charge is 0.389 e. The van der Waals surface area contributed by atoms with Crippen LogP contribution in [0, 0.1) is 0 Å². The second kappa shape index (κ2) is 6.26. The van der Waals surface area contributed by atoms with E-state index in [9.17, 15) is 10.2 Å². The number of allylic oxidation sites excluding steroid dienone is 2. The number of nitrogens with zero attached hydrogens (tertiary/aromatic N) is 1. The van der Waals surface area contributed by atoms with Gasteiger partial charge in [-0.3, -0.25) is 4.90 Å². The van der Waals surface area contributed by atoms with Crippen LogP contribution in [0.15, 0.2) is 11.6 Å². The lowest BCUT2D eigenvalue weighted by atomic mass is 10.1. The van der Waals surface area contributed by atoms with Gasteiger partial charge in [0.1, 0.15) is 6.23 Å². The van der Waals surface area contributed by atoms with Crippen LogP contribution in [0.25, 0.3) is 0 Å². The van der Waals surface area contributed by atoms with Gasteiger partial charge in [0.25, 0.3) is 0 Å². The molecule has 0 spiro atoms. The van der Waals surface area contributed by atoms with Crippen LogP contribution in [0.2, 0.25) is 0 Å². The Hall–Kier alpha value is -0.380. The van der Waals surface area contributed by atoms with Crippen LogP contribution >= 0.6 is 0 Å². The molecule has 0 radical (unpaired) electrons. The molecule has 1 aliphatic rings. The Balaban J connectivity index is 2.28. The van der Waals surface area contributed by atoms with Crippen molar-refractivity contribution in [1.29, 1.82) is 0 Å². The van der Waals surface area contributed by atoms with E-state index >= 15 is 0 Å². The lowest BCUT2D eigenvalue weighted by molar-refractivity contribution is -0.0759. The van der Waals surface area contributed by atoms with Gasteiger partial charge in [-0.25, -0.2) is 0 Å². The van der Waals surface area contributed by atoms with Gasteiger partial charge < -0.3 is 10.2 Å². The Morgan fingerprint density at radius 3 is 2.47 bits per heavy atom. The molecule has 2 atom stereocenters. The van der Waals surface area contributed by atoms with Crippen molar-refractivity contribution in [1.82, 2.24) is 4.90 Å². The van der Waals surface area contributed by atoms with E-state index in [1.807, 2.05) is 11.8 Å². The fraction of sp³-hybridized carbons (Fsp3) is 0.833. The van der Waals surface area contributed by atoms with Crippen LogP contribution < -0.4 is 0 Å². The summed E-state index contributed by atoms with van der Waals surface area (Å²) in [5.41, 5.74) is 1.27. The van der Waals surface area contributed by atoms with Crippen molar-refractivity contribution in [3.63, 3.8) is 0 Å². The highest BCUT2D eigenvalue weighted by Crippen LogP contribution is 2.16. The number of likely N-dealkylation sites (tertiary alicyclic amines) is 1. The molecule has 0 amide bonds. The molecule has 0 aliphatic carbocycles. The number of rotatable bonds is 5. The fourth-order valence-electron chi connectivity index (χ4n) is 1.92. The minimum absolute atomic E-state index is 0.613. The third-order valence-corrected chi connectivity index (χ3v) is 3.19. The highest BCUT2D eigenvalue weighted by atomic mass is 16.3. The predicted octanol–water partition coefficient (Wildman–Crippen LogP) is 1.51. The Morgan fingerprint density at radius 1 is 1.33 bits per heavy atom. The van der Waals surface area contributed by atoms with Gasteiger partial charge in [-0.15, -0.1) is 0 Å².